The summed E-state index contributed by atoms with van der Waals surface area (Å²) in [6.45, 7) is 1.93. The number of allylic oxidation sites excluding steroid dienone is 1. The zero-order valence-electron chi connectivity index (χ0n) is 7.23. The minimum Gasteiger partial charge on any atom is -0.324 e. The van der Waals surface area contributed by atoms with Crippen LogP contribution in [0.2, 0.25) is 0 Å². The molecular weight excluding hydrogens is 173 g/mol. The molecule has 3 N–H and O–H groups in total. The molecule has 0 aromatic heterocycles. The van der Waals surface area contributed by atoms with Crippen LogP contribution in [0.3, 0.4) is 0 Å². The average Bonchev–Trinajstić information content (AvgIpc) is 2.37. The number of nitrogens with two attached hydrogens (primary N) is 1. The van der Waals surface area contributed by atoms with Crippen LogP contribution in [-0.2, 0) is 4.57 Å². The predicted octanol–water partition coefficient (Wildman–Crippen LogP) is 1.55. The van der Waals surface area contributed by atoms with Crippen molar-refractivity contribution in [2.24, 2.45) is 5.73 Å². The van der Waals surface area contributed by atoms with Gasteiger partial charge in [-0.3, -0.25) is 0 Å². The summed E-state index contributed by atoms with van der Waals surface area (Å²) in [7, 11) is -2.07. The molecule has 0 fully saturated rings. The van der Waals surface area contributed by atoms with E-state index in [1.165, 1.54) is 0 Å². The molecule has 0 saturated carbocycles. The topological polar surface area (TPSA) is 63.3 Å². The summed E-state index contributed by atoms with van der Waals surface area (Å²) in [5.74, 6) is 0. The lowest BCUT2D eigenvalue weighted by Crippen LogP contribution is -2.12. The van der Waals surface area contributed by atoms with Gasteiger partial charge in [0, 0.05) is 6.04 Å². The lowest BCUT2D eigenvalue weighted by atomic mass is 10.1. The summed E-state index contributed by atoms with van der Waals surface area (Å²) in [4.78, 5) is 8.99. The zero-order chi connectivity index (χ0) is 9.14. The summed E-state index contributed by atoms with van der Waals surface area (Å²) in [5.41, 5.74) is 6.58. The maximum absolute atomic E-state index is 10.9. The van der Waals surface area contributed by atoms with Gasteiger partial charge in [-0.05, 0) is 29.4 Å². The van der Waals surface area contributed by atoms with Crippen LogP contribution in [0.5, 0.6) is 0 Å². The van der Waals surface area contributed by atoms with E-state index in [4.69, 9.17) is 10.6 Å². The molecule has 12 heavy (non-hydrogen) atoms. The summed E-state index contributed by atoms with van der Waals surface area (Å²) in [5, 5.41) is 0. The smallest absolute Gasteiger partial charge is 0.324 e. The van der Waals surface area contributed by atoms with Gasteiger partial charge < -0.3 is 5.73 Å². The Morgan fingerprint density at radius 2 is 2.58 bits per heavy atom. The van der Waals surface area contributed by atoms with E-state index in [0.717, 1.165) is 24.8 Å². The molecule has 0 amide bonds. The van der Waals surface area contributed by atoms with Crippen LogP contribution in [0.1, 0.15) is 26.2 Å². The molecular formula is C8H15NO2P+. The highest BCUT2D eigenvalue weighted by Crippen LogP contribution is 2.36. The normalized spacial score (nSPS) is 26.8. The number of rotatable bonds is 3. The van der Waals surface area contributed by atoms with Crippen molar-refractivity contribution in [2.75, 3.05) is 0 Å². The fraction of sp³-hybridized carbons (Fsp3) is 0.750. The minimum atomic E-state index is -2.07. The van der Waals surface area contributed by atoms with Crippen molar-refractivity contribution in [3.63, 3.8) is 0 Å². The number of hydrogen-bond donors (Lipinski definition) is 2. The summed E-state index contributed by atoms with van der Waals surface area (Å²) in [6.07, 6.45) is 4.48. The molecule has 1 aliphatic carbocycles. The van der Waals surface area contributed by atoms with Crippen molar-refractivity contribution in [1.29, 1.82) is 0 Å². The molecule has 3 nitrogen and oxygen atoms in total. The van der Waals surface area contributed by atoms with Gasteiger partial charge in [-0.25, -0.2) is 0 Å². The molecule has 3 unspecified atom stereocenters. The molecule has 0 aliphatic heterocycles. The maximum Gasteiger partial charge on any atom is 0.513 e. The van der Waals surface area contributed by atoms with E-state index in [0.29, 0.717) is 0 Å². The van der Waals surface area contributed by atoms with Gasteiger partial charge in [0.25, 0.3) is 0 Å². The summed E-state index contributed by atoms with van der Waals surface area (Å²) in [6, 6.07) is 0.101. The SMILES string of the molecule is CCC(C1=CC(N)CC1)[P+](=O)O. The van der Waals surface area contributed by atoms with E-state index in [9.17, 15) is 4.57 Å². The van der Waals surface area contributed by atoms with Crippen LogP contribution < -0.4 is 5.73 Å². The van der Waals surface area contributed by atoms with Crippen LogP contribution in [0.4, 0.5) is 0 Å². The monoisotopic (exact) mass is 188 g/mol. The largest absolute Gasteiger partial charge is 0.513 e. The second-order valence-corrected chi connectivity index (χ2v) is 4.40. The highest BCUT2D eigenvalue weighted by Gasteiger charge is 2.33. The lowest BCUT2D eigenvalue weighted by Gasteiger charge is -2.00. The molecule has 3 atom stereocenters. The fourth-order valence-corrected chi connectivity index (χ4v) is 2.42. The lowest BCUT2D eigenvalue weighted by molar-refractivity contribution is 0.491. The van der Waals surface area contributed by atoms with E-state index >= 15 is 0 Å². The average molecular weight is 188 g/mol. The maximum atomic E-state index is 10.9. The fourth-order valence-electron chi connectivity index (χ4n) is 1.61. The summed E-state index contributed by atoms with van der Waals surface area (Å²) < 4.78 is 10.9. The van der Waals surface area contributed by atoms with E-state index < -0.39 is 8.03 Å². The Morgan fingerprint density at radius 1 is 1.92 bits per heavy atom. The highest BCUT2D eigenvalue weighted by atomic mass is 31.1. The Hall–Kier alpha value is -0.240. The van der Waals surface area contributed by atoms with Crippen LogP contribution in [0, 0.1) is 0 Å². The zero-order valence-corrected chi connectivity index (χ0v) is 8.13. The van der Waals surface area contributed by atoms with Crippen molar-refractivity contribution in [2.45, 2.75) is 37.9 Å². The molecule has 0 spiro atoms. The number of hydrogen-bond acceptors (Lipinski definition) is 2. The summed E-state index contributed by atoms with van der Waals surface area (Å²) >= 11 is 0. The van der Waals surface area contributed by atoms with Crippen LogP contribution in [-0.4, -0.2) is 16.6 Å². The third-order valence-electron chi connectivity index (χ3n) is 2.28. The molecule has 0 saturated heterocycles. The molecule has 4 heteroatoms. The van der Waals surface area contributed by atoms with Gasteiger partial charge in [0.1, 0.15) is 0 Å². The molecule has 0 radical (unpaired) electrons. The molecule has 0 aromatic carbocycles. The Kier molecular flexibility index (Phi) is 3.39. The Morgan fingerprint density at radius 3 is 2.92 bits per heavy atom. The van der Waals surface area contributed by atoms with Gasteiger partial charge in [-0.15, -0.1) is 0 Å². The van der Waals surface area contributed by atoms with Gasteiger partial charge in [-0.1, -0.05) is 13.0 Å². The van der Waals surface area contributed by atoms with E-state index in [-0.39, 0.29) is 11.7 Å². The van der Waals surface area contributed by atoms with Crippen molar-refractivity contribution < 1.29 is 9.46 Å². The first kappa shape index (κ1) is 9.85. The van der Waals surface area contributed by atoms with Gasteiger partial charge in [0.05, 0.1) is 0 Å². The van der Waals surface area contributed by atoms with Crippen molar-refractivity contribution >= 4 is 8.03 Å². The highest BCUT2D eigenvalue weighted by molar-refractivity contribution is 7.39. The second kappa shape index (κ2) is 4.13. The molecule has 68 valence electrons. The van der Waals surface area contributed by atoms with Gasteiger partial charge in [0.15, 0.2) is 0 Å². The van der Waals surface area contributed by atoms with Gasteiger partial charge >= 0.3 is 8.03 Å². The second-order valence-electron chi connectivity index (χ2n) is 3.17. The standard InChI is InChI=1S/C8H14NO2P/c1-2-8(12(10)11)6-3-4-7(9)5-6/h5,7-8H,2-4,9H2,1H3/p+1. The Bertz CT molecular complexity index is 215. The molecule has 1 rings (SSSR count). The van der Waals surface area contributed by atoms with Gasteiger partial charge in [-0.2, -0.15) is 4.89 Å². The third-order valence-corrected chi connectivity index (χ3v) is 3.51. The minimum absolute atomic E-state index is 0.101. The van der Waals surface area contributed by atoms with E-state index in [1.807, 2.05) is 13.0 Å². The molecule has 0 bridgehead atoms. The first-order chi connectivity index (χ1) is 5.65. The van der Waals surface area contributed by atoms with Gasteiger partial charge in [0.2, 0.25) is 5.66 Å². The van der Waals surface area contributed by atoms with E-state index in [1.54, 1.807) is 0 Å². The van der Waals surface area contributed by atoms with Crippen molar-refractivity contribution in [3.8, 4) is 0 Å². The third kappa shape index (κ3) is 2.13. The molecule has 0 heterocycles. The quantitative estimate of drug-likeness (QED) is 0.521. The first-order valence-corrected chi connectivity index (χ1v) is 5.54. The predicted molar refractivity (Wildman–Crippen MR) is 49.2 cm³/mol. The van der Waals surface area contributed by atoms with Crippen molar-refractivity contribution in [1.82, 2.24) is 0 Å². The molecule has 0 aromatic rings. The molecule has 1 aliphatic rings. The first-order valence-electron chi connectivity index (χ1n) is 4.26. The Labute approximate surface area is 73.5 Å². The van der Waals surface area contributed by atoms with Crippen LogP contribution in [0.15, 0.2) is 11.6 Å². The van der Waals surface area contributed by atoms with Crippen molar-refractivity contribution in [3.05, 3.63) is 11.6 Å². The van der Waals surface area contributed by atoms with Crippen LogP contribution in [0.25, 0.3) is 0 Å². The van der Waals surface area contributed by atoms with Crippen LogP contribution >= 0.6 is 8.03 Å². The van der Waals surface area contributed by atoms with E-state index in [2.05, 4.69) is 0 Å². The Balaban J connectivity index is 2.67.